The molecule has 4 aromatic rings. The average molecular weight is 492 g/mol. The number of tetrazole rings is 1. The topological polar surface area (TPSA) is 206 Å². The van der Waals surface area contributed by atoms with Crippen LogP contribution in [0.25, 0.3) is 32.7 Å². The van der Waals surface area contributed by atoms with Gasteiger partial charge in [0.15, 0.2) is 5.13 Å². The smallest absolute Gasteiger partial charge is 0.242 e. The SMILES string of the molecule is Nc1nc2c(-c3ccc(S(=O)(=O)N[C@@H]4C[C@H]4N)c(S(=O)[O-])c3-c3nn[nH]n3)cccc2s1. The Labute approximate surface area is 187 Å². The number of fused-ring (bicyclic) bond motifs is 1. The molecule has 1 fully saturated rings. The average Bonchev–Trinajstić information content (AvgIpc) is 3.14. The Morgan fingerprint density at radius 3 is 2.69 bits per heavy atom. The highest BCUT2D eigenvalue weighted by molar-refractivity contribution is 7.90. The molecule has 1 unspecified atom stereocenters. The zero-order valence-corrected chi connectivity index (χ0v) is 18.5. The lowest BCUT2D eigenvalue weighted by atomic mass is 9.98. The third-order valence-electron chi connectivity index (χ3n) is 5.02. The number of anilines is 1. The van der Waals surface area contributed by atoms with Gasteiger partial charge in [-0.3, -0.25) is 4.21 Å². The summed E-state index contributed by atoms with van der Waals surface area (Å²) < 4.78 is 54.0. The van der Waals surface area contributed by atoms with Gasteiger partial charge in [-0.1, -0.05) is 29.5 Å². The highest BCUT2D eigenvalue weighted by Gasteiger charge is 2.38. The van der Waals surface area contributed by atoms with Crippen LogP contribution in [-0.4, -0.2) is 54.9 Å². The van der Waals surface area contributed by atoms with Crippen LogP contribution >= 0.6 is 11.3 Å². The predicted octanol–water partition coefficient (Wildman–Crippen LogP) is 0.341. The summed E-state index contributed by atoms with van der Waals surface area (Å²) in [6.07, 6.45) is 0.470. The Kier molecular flexibility index (Phi) is 5.03. The number of hydrogen-bond acceptors (Lipinski definition) is 11. The van der Waals surface area contributed by atoms with Crippen molar-refractivity contribution < 1.29 is 17.2 Å². The number of nitrogen functional groups attached to an aromatic ring is 1. The molecule has 5 rings (SSSR count). The molecule has 0 saturated heterocycles. The first-order valence-corrected chi connectivity index (χ1v) is 12.6. The van der Waals surface area contributed by atoms with Crippen LogP contribution in [0.1, 0.15) is 6.42 Å². The van der Waals surface area contributed by atoms with Gasteiger partial charge in [0, 0.05) is 23.2 Å². The van der Waals surface area contributed by atoms with Crippen molar-refractivity contribution in [1.82, 2.24) is 30.3 Å². The van der Waals surface area contributed by atoms with Crippen molar-refractivity contribution in [2.45, 2.75) is 28.3 Å². The van der Waals surface area contributed by atoms with E-state index in [0.29, 0.717) is 28.2 Å². The van der Waals surface area contributed by atoms with Gasteiger partial charge < -0.3 is 16.0 Å². The number of rotatable bonds is 6. The van der Waals surface area contributed by atoms with Gasteiger partial charge in [0.1, 0.15) is 0 Å². The summed E-state index contributed by atoms with van der Waals surface area (Å²) >= 11 is -1.69. The molecule has 32 heavy (non-hydrogen) atoms. The number of benzene rings is 2. The van der Waals surface area contributed by atoms with Crippen molar-refractivity contribution in [3.05, 3.63) is 30.3 Å². The largest absolute Gasteiger partial charge is 0.768 e. The first kappa shape index (κ1) is 21.0. The number of aromatic amines is 1. The first-order chi connectivity index (χ1) is 15.3. The number of H-pyrrole nitrogens is 1. The van der Waals surface area contributed by atoms with Crippen LogP contribution in [0.5, 0.6) is 0 Å². The van der Waals surface area contributed by atoms with E-state index < -0.39 is 36.9 Å². The lowest BCUT2D eigenvalue weighted by molar-refractivity contribution is 0.532. The second kappa shape index (κ2) is 7.65. The molecule has 2 aromatic carbocycles. The lowest BCUT2D eigenvalue weighted by Gasteiger charge is -2.19. The Morgan fingerprint density at radius 2 is 2.03 bits per heavy atom. The molecular formula is C17H15N8O4S3-. The van der Waals surface area contributed by atoms with Crippen molar-refractivity contribution in [3.8, 4) is 22.5 Å². The van der Waals surface area contributed by atoms with Gasteiger partial charge in [0.05, 0.1) is 20.0 Å². The summed E-state index contributed by atoms with van der Waals surface area (Å²) in [7, 11) is -4.20. The van der Waals surface area contributed by atoms with E-state index in [4.69, 9.17) is 11.5 Å². The summed E-state index contributed by atoms with van der Waals surface area (Å²) in [4.78, 5) is 3.43. The lowest BCUT2D eigenvalue weighted by Crippen LogP contribution is -2.30. The van der Waals surface area contributed by atoms with Crippen LogP contribution in [0.4, 0.5) is 5.13 Å². The normalized spacial score (nSPS) is 19.3. The number of thiazole rings is 1. The van der Waals surface area contributed by atoms with E-state index in [9.17, 15) is 17.2 Å². The van der Waals surface area contributed by atoms with E-state index in [1.165, 1.54) is 23.5 Å². The number of nitrogens with zero attached hydrogens (tertiary/aromatic N) is 4. The third-order valence-corrected chi connectivity index (χ3v) is 8.29. The van der Waals surface area contributed by atoms with Gasteiger partial charge in [-0.2, -0.15) is 5.21 Å². The molecule has 1 saturated carbocycles. The second-order valence-electron chi connectivity index (χ2n) is 7.12. The molecule has 6 N–H and O–H groups in total. The van der Waals surface area contributed by atoms with Crippen molar-refractivity contribution in [3.63, 3.8) is 0 Å². The summed E-state index contributed by atoms with van der Waals surface area (Å²) in [5, 5.41) is 13.9. The van der Waals surface area contributed by atoms with E-state index in [2.05, 4.69) is 30.3 Å². The van der Waals surface area contributed by atoms with Gasteiger partial charge in [-0.05, 0) is 40.4 Å². The minimum Gasteiger partial charge on any atom is -0.768 e. The molecule has 2 heterocycles. The highest BCUT2D eigenvalue weighted by Crippen LogP contribution is 2.41. The molecule has 15 heteroatoms. The number of aromatic nitrogens is 5. The van der Waals surface area contributed by atoms with E-state index >= 15 is 0 Å². The van der Waals surface area contributed by atoms with Crippen molar-refractivity contribution >= 4 is 47.8 Å². The Hall–Kier alpha value is -2.82. The molecule has 0 radical (unpaired) electrons. The molecule has 0 amide bonds. The third kappa shape index (κ3) is 3.58. The number of nitrogens with two attached hydrogens (primary N) is 2. The summed E-state index contributed by atoms with van der Waals surface area (Å²) in [5.41, 5.74) is 13.0. The fourth-order valence-corrected chi connectivity index (χ4v) is 6.74. The quantitative estimate of drug-likeness (QED) is 0.272. The molecule has 0 bridgehead atoms. The molecule has 1 aliphatic rings. The summed E-state index contributed by atoms with van der Waals surface area (Å²) in [6, 6.07) is 7.29. The molecular weight excluding hydrogens is 476 g/mol. The minimum absolute atomic E-state index is 0.0193. The number of nitrogens with one attached hydrogen (secondary N) is 2. The van der Waals surface area contributed by atoms with E-state index in [0.717, 1.165) is 4.70 Å². The van der Waals surface area contributed by atoms with Gasteiger partial charge in [-0.15, -0.1) is 10.2 Å². The standard InChI is InChI=1S/C17H16N8O4S3/c18-9-6-10(9)23-32(28,29)12-5-4-7(8-2-1-3-11-14(8)20-17(19)30-11)13(15(12)31(26)27)16-21-24-25-22-16/h1-5,9-10,23H,6,18H2,(H2,19,20)(H,26,27)(H,21,22,24,25)/p-1/t9-,10-/m1/s1. The van der Waals surface area contributed by atoms with Crippen molar-refractivity contribution in [1.29, 1.82) is 0 Å². The van der Waals surface area contributed by atoms with Crippen LogP contribution in [0, 0.1) is 0 Å². The maximum Gasteiger partial charge on any atom is 0.242 e. The maximum absolute atomic E-state index is 13.0. The number of para-hydroxylation sites is 1. The van der Waals surface area contributed by atoms with Crippen LogP contribution in [0.15, 0.2) is 40.1 Å². The molecule has 0 spiro atoms. The minimum atomic E-state index is -4.20. The Bertz CT molecular complexity index is 1470. The monoisotopic (exact) mass is 491 g/mol. The van der Waals surface area contributed by atoms with E-state index in [1.54, 1.807) is 12.1 Å². The number of sulfonamides is 1. The highest BCUT2D eigenvalue weighted by atomic mass is 32.2. The molecule has 166 valence electrons. The van der Waals surface area contributed by atoms with Crippen LogP contribution in [-0.2, 0) is 21.1 Å². The Morgan fingerprint density at radius 1 is 1.25 bits per heavy atom. The summed E-state index contributed by atoms with van der Waals surface area (Å²) in [5.74, 6) is -0.0837. The fourth-order valence-electron chi connectivity index (χ4n) is 3.45. The van der Waals surface area contributed by atoms with Gasteiger partial charge in [-0.25, -0.2) is 18.1 Å². The Balaban J connectivity index is 1.81. The molecule has 12 nitrogen and oxygen atoms in total. The molecule has 3 atom stereocenters. The van der Waals surface area contributed by atoms with E-state index in [-0.39, 0.29) is 17.4 Å². The first-order valence-electron chi connectivity index (χ1n) is 9.19. The molecule has 2 aromatic heterocycles. The van der Waals surface area contributed by atoms with E-state index in [1.807, 2.05) is 6.07 Å². The zero-order chi connectivity index (χ0) is 22.6. The van der Waals surface area contributed by atoms with Crippen LogP contribution < -0.4 is 16.2 Å². The maximum atomic E-state index is 13.0. The van der Waals surface area contributed by atoms with Crippen LogP contribution in [0.3, 0.4) is 0 Å². The number of hydrogen-bond donors (Lipinski definition) is 4. The molecule has 1 aliphatic carbocycles. The second-order valence-corrected chi connectivity index (χ2v) is 10.7. The van der Waals surface area contributed by atoms with Gasteiger partial charge in [0.25, 0.3) is 0 Å². The van der Waals surface area contributed by atoms with Crippen molar-refractivity contribution in [2.24, 2.45) is 5.73 Å². The van der Waals surface area contributed by atoms with Gasteiger partial charge >= 0.3 is 0 Å². The fraction of sp³-hybridized carbons (Fsp3) is 0.176. The van der Waals surface area contributed by atoms with Crippen molar-refractivity contribution in [2.75, 3.05) is 5.73 Å². The molecule has 0 aliphatic heterocycles. The zero-order valence-electron chi connectivity index (χ0n) is 16.0. The summed E-state index contributed by atoms with van der Waals surface area (Å²) in [6.45, 7) is 0. The predicted molar refractivity (Wildman–Crippen MR) is 117 cm³/mol. The van der Waals surface area contributed by atoms with Crippen LogP contribution in [0.2, 0.25) is 0 Å². The van der Waals surface area contributed by atoms with Gasteiger partial charge in [0.2, 0.25) is 15.8 Å².